The topological polar surface area (TPSA) is 21.3 Å². The lowest BCUT2D eigenvalue weighted by molar-refractivity contribution is 0.0558. The van der Waals surface area contributed by atoms with E-state index in [9.17, 15) is 0 Å². The van der Waals surface area contributed by atoms with E-state index in [1.807, 2.05) is 0 Å². The third-order valence-corrected chi connectivity index (χ3v) is 4.24. The van der Waals surface area contributed by atoms with Crippen LogP contribution < -0.4 is 5.32 Å². The predicted molar refractivity (Wildman–Crippen MR) is 74.3 cm³/mol. The van der Waals surface area contributed by atoms with Crippen molar-refractivity contribution in [2.24, 2.45) is 11.3 Å². The van der Waals surface area contributed by atoms with Crippen molar-refractivity contribution in [3.8, 4) is 0 Å². The van der Waals surface area contributed by atoms with Crippen LogP contribution in [0.5, 0.6) is 0 Å². The van der Waals surface area contributed by atoms with Crippen LogP contribution in [0.3, 0.4) is 0 Å². The minimum atomic E-state index is 0.448. The Balaban J connectivity index is 2.42. The van der Waals surface area contributed by atoms with Crippen molar-refractivity contribution >= 4 is 0 Å². The second kappa shape index (κ2) is 7.38. The summed E-state index contributed by atoms with van der Waals surface area (Å²) in [6.07, 6.45) is 6.81. The fraction of sp³-hybridized carbons (Fsp3) is 1.00. The van der Waals surface area contributed by atoms with E-state index >= 15 is 0 Å². The highest BCUT2D eigenvalue weighted by atomic mass is 16.5. The minimum Gasteiger partial charge on any atom is -0.378 e. The maximum atomic E-state index is 5.81. The zero-order chi connectivity index (χ0) is 12.7. The summed E-state index contributed by atoms with van der Waals surface area (Å²) in [6, 6.07) is 0. The molecule has 0 aliphatic carbocycles. The molecule has 2 nitrogen and oxygen atoms in total. The third kappa shape index (κ3) is 4.97. The molecule has 0 amide bonds. The lowest BCUT2D eigenvalue weighted by Gasteiger charge is -2.34. The minimum absolute atomic E-state index is 0.448. The van der Waals surface area contributed by atoms with Crippen molar-refractivity contribution < 1.29 is 4.74 Å². The molecular weight excluding hydrogens is 210 g/mol. The average molecular weight is 241 g/mol. The molecule has 1 atom stereocenters. The summed E-state index contributed by atoms with van der Waals surface area (Å²) in [5.74, 6) is 0.740. The molecular formula is C15H31NO. The Kier molecular flexibility index (Phi) is 6.50. The largest absolute Gasteiger partial charge is 0.378 e. The molecule has 0 radical (unpaired) electrons. The quantitative estimate of drug-likeness (QED) is 0.701. The lowest BCUT2D eigenvalue weighted by atomic mass is 9.77. The van der Waals surface area contributed by atoms with Gasteiger partial charge in [-0.25, -0.2) is 0 Å². The van der Waals surface area contributed by atoms with Gasteiger partial charge in [-0.1, -0.05) is 27.7 Å². The molecule has 1 rings (SSSR count). The molecule has 0 aromatic heterocycles. The number of nitrogens with one attached hydrogen (secondary N) is 1. The molecule has 0 spiro atoms. The molecule has 1 unspecified atom stereocenters. The standard InChI is InChI=1S/C15H31NO/c1-5-15(6-2,12-16-11-13(3)4)10-14-8-7-9-17-14/h13-14,16H,5-12H2,1-4H3. The van der Waals surface area contributed by atoms with Gasteiger partial charge in [0.15, 0.2) is 0 Å². The van der Waals surface area contributed by atoms with Gasteiger partial charge in [-0.2, -0.15) is 0 Å². The number of ether oxygens (including phenoxy) is 1. The Labute approximate surface area is 108 Å². The zero-order valence-electron chi connectivity index (χ0n) is 12.2. The van der Waals surface area contributed by atoms with Crippen molar-refractivity contribution in [1.29, 1.82) is 0 Å². The van der Waals surface area contributed by atoms with Crippen LogP contribution in [0.25, 0.3) is 0 Å². The summed E-state index contributed by atoms with van der Waals surface area (Å²) in [4.78, 5) is 0. The molecule has 0 aromatic rings. The van der Waals surface area contributed by atoms with Crippen LogP contribution in [-0.2, 0) is 4.74 Å². The molecule has 1 aliphatic heterocycles. The summed E-state index contributed by atoms with van der Waals surface area (Å²) in [5, 5.41) is 3.65. The third-order valence-electron chi connectivity index (χ3n) is 4.24. The highest BCUT2D eigenvalue weighted by Gasteiger charge is 2.31. The first-order chi connectivity index (χ1) is 8.12. The molecule has 1 heterocycles. The summed E-state index contributed by atoms with van der Waals surface area (Å²) in [7, 11) is 0. The summed E-state index contributed by atoms with van der Waals surface area (Å²) < 4.78 is 5.81. The second-order valence-electron chi connectivity index (χ2n) is 6.07. The normalized spacial score (nSPS) is 21.4. The number of hydrogen-bond acceptors (Lipinski definition) is 2. The van der Waals surface area contributed by atoms with Crippen LogP contribution in [0, 0.1) is 11.3 Å². The van der Waals surface area contributed by atoms with E-state index in [1.54, 1.807) is 0 Å². The fourth-order valence-corrected chi connectivity index (χ4v) is 2.78. The van der Waals surface area contributed by atoms with Crippen molar-refractivity contribution in [3.63, 3.8) is 0 Å². The van der Waals surface area contributed by atoms with Gasteiger partial charge in [0.2, 0.25) is 0 Å². The Morgan fingerprint density at radius 3 is 2.47 bits per heavy atom. The Bertz CT molecular complexity index is 193. The molecule has 17 heavy (non-hydrogen) atoms. The monoisotopic (exact) mass is 241 g/mol. The molecule has 102 valence electrons. The fourth-order valence-electron chi connectivity index (χ4n) is 2.78. The van der Waals surface area contributed by atoms with Gasteiger partial charge >= 0.3 is 0 Å². The van der Waals surface area contributed by atoms with Gasteiger partial charge in [-0.3, -0.25) is 0 Å². The van der Waals surface area contributed by atoms with Gasteiger partial charge in [0.25, 0.3) is 0 Å². The first kappa shape index (κ1) is 15.0. The first-order valence-corrected chi connectivity index (χ1v) is 7.44. The van der Waals surface area contributed by atoms with E-state index < -0.39 is 0 Å². The van der Waals surface area contributed by atoms with E-state index in [0.29, 0.717) is 11.5 Å². The van der Waals surface area contributed by atoms with Crippen LogP contribution in [0.2, 0.25) is 0 Å². The van der Waals surface area contributed by atoms with E-state index in [0.717, 1.165) is 25.6 Å². The maximum Gasteiger partial charge on any atom is 0.0581 e. The zero-order valence-corrected chi connectivity index (χ0v) is 12.2. The molecule has 1 saturated heterocycles. The molecule has 1 fully saturated rings. The van der Waals surface area contributed by atoms with Gasteiger partial charge in [-0.15, -0.1) is 0 Å². The van der Waals surface area contributed by atoms with E-state index in [-0.39, 0.29) is 0 Å². The van der Waals surface area contributed by atoms with Crippen LogP contribution in [-0.4, -0.2) is 25.8 Å². The Hall–Kier alpha value is -0.0800. The van der Waals surface area contributed by atoms with Gasteiger partial charge in [0.1, 0.15) is 0 Å². The van der Waals surface area contributed by atoms with Crippen LogP contribution in [0.4, 0.5) is 0 Å². The van der Waals surface area contributed by atoms with Crippen molar-refractivity contribution in [1.82, 2.24) is 5.32 Å². The molecule has 0 aromatic carbocycles. The lowest BCUT2D eigenvalue weighted by Crippen LogP contribution is -2.37. The Morgan fingerprint density at radius 2 is 2.00 bits per heavy atom. The van der Waals surface area contributed by atoms with Crippen LogP contribution in [0.1, 0.15) is 59.8 Å². The predicted octanol–water partition coefficient (Wildman–Crippen LogP) is 3.61. The van der Waals surface area contributed by atoms with Crippen molar-refractivity contribution in [2.45, 2.75) is 65.9 Å². The maximum absolute atomic E-state index is 5.81. The van der Waals surface area contributed by atoms with Gasteiger partial charge in [0, 0.05) is 13.2 Å². The first-order valence-electron chi connectivity index (χ1n) is 7.44. The van der Waals surface area contributed by atoms with Crippen molar-refractivity contribution in [2.75, 3.05) is 19.7 Å². The molecule has 2 heteroatoms. The SMILES string of the molecule is CCC(CC)(CNCC(C)C)CC1CCCO1. The summed E-state index contributed by atoms with van der Waals surface area (Å²) in [6.45, 7) is 12.5. The van der Waals surface area contributed by atoms with Crippen LogP contribution in [0.15, 0.2) is 0 Å². The summed E-state index contributed by atoms with van der Waals surface area (Å²) >= 11 is 0. The highest BCUT2D eigenvalue weighted by molar-refractivity contribution is 4.84. The smallest absolute Gasteiger partial charge is 0.0581 e. The van der Waals surface area contributed by atoms with Crippen LogP contribution >= 0.6 is 0 Å². The molecule has 0 saturated carbocycles. The van der Waals surface area contributed by atoms with Gasteiger partial charge in [-0.05, 0) is 50.0 Å². The van der Waals surface area contributed by atoms with E-state index in [1.165, 1.54) is 32.1 Å². The number of rotatable bonds is 8. The van der Waals surface area contributed by atoms with E-state index in [4.69, 9.17) is 4.74 Å². The number of hydrogen-bond donors (Lipinski definition) is 1. The Morgan fingerprint density at radius 1 is 1.29 bits per heavy atom. The molecule has 1 aliphatic rings. The second-order valence-corrected chi connectivity index (χ2v) is 6.07. The van der Waals surface area contributed by atoms with Crippen molar-refractivity contribution in [3.05, 3.63) is 0 Å². The van der Waals surface area contributed by atoms with Gasteiger partial charge < -0.3 is 10.1 Å². The van der Waals surface area contributed by atoms with E-state index in [2.05, 4.69) is 33.0 Å². The van der Waals surface area contributed by atoms with Gasteiger partial charge in [0.05, 0.1) is 6.10 Å². The average Bonchev–Trinajstić information content (AvgIpc) is 2.80. The highest BCUT2D eigenvalue weighted by Crippen LogP contribution is 2.34. The molecule has 0 bridgehead atoms. The summed E-state index contributed by atoms with van der Waals surface area (Å²) in [5.41, 5.74) is 0.448. The molecule has 1 N–H and O–H groups in total.